The van der Waals surface area contributed by atoms with Crippen LogP contribution in [0.3, 0.4) is 0 Å². The standard InChI is InChI=1S/C15H30O/c1-6-8-15(4,5)11-12(2)14-7-9-16-13(3)10-14/h12-14H,6-11H2,1-5H3. The molecule has 1 fully saturated rings. The monoisotopic (exact) mass is 226 g/mol. The van der Waals surface area contributed by atoms with Crippen LogP contribution in [0.1, 0.15) is 66.7 Å². The molecule has 0 aromatic carbocycles. The first-order chi connectivity index (χ1) is 7.44. The molecular weight excluding hydrogens is 196 g/mol. The molecule has 96 valence electrons. The van der Waals surface area contributed by atoms with E-state index in [4.69, 9.17) is 4.74 Å². The summed E-state index contributed by atoms with van der Waals surface area (Å²) in [6.45, 7) is 12.8. The number of hydrogen-bond donors (Lipinski definition) is 0. The van der Waals surface area contributed by atoms with Gasteiger partial charge in [0.25, 0.3) is 0 Å². The molecule has 0 amide bonds. The van der Waals surface area contributed by atoms with Crippen LogP contribution in [0, 0.1) is 17.3 Å². The molecule has 0 saturated carbocycles. The Morgan fingerprint density at radius 3 is 2.62 bits per heavy atom. The molecule has 1 aliphatic rings. The highest BCUT2D eigenvalue weighted by atomic mass is 16.5. The Hall–Kier alpha value is -0.0400. The Labute approximate surface area is 102 Å². The molecule has 0 aliphatic carbocycles. The van der Waals surface area contributed by atoms with E-state index in [0.717, 1.165) is 18.4 Å². The zero-order valence-electron chi connectivity index (χ0n) is 11.9. The highest BCUT2D eigenvalue weighted by Crippen LogP contribution is 2.37. The lowest BCUT2D eigenvalue weighted by Crippen LogP contribution is -2.29. The largest absolute Gasteiger partial charge is 0.378 e. The second-order valence-electron chi connectivity index (χ2n) is 6.56. The fourth-order valence-corrected chi connectivity index (χ4v) is 3.37. The zero-order chi connectivity index (χ0) is 12.2. The van der Waals surface area contributed by atoms with Crippen molar-refractivity contribution in [2.24, 2.45) is 17.3 Å². The normalized spacial score (nSPS) is 29.1. The van der Waals surface area contributed by atoms with E-state index >= 15 is 0 Å². The first-order valence-corrected chi connectivity index (χ1v) is 7.06. The molecule has 0 N–H and O–H groups in total. The maximum absolute atomic E-state index is 5.64. The molecule has 3 unspecified atom stereocenters. The zero-order valence-corrected chi connectivity index (χ0v) is 11.9. The molecule has 16 heavy (non-hydrogen) atoms. The average Bonchev–Trinajstić information content (AvgIpc) is 2.16. The summed E-state index contributed by atoms with van der Waals surface area (Å²) in [6, 6.07) is 0. The maximum atomic E-state index is 5.64. The van der Waals surface area contributed by atoms with E-state index in [1.165, 1.54) is 32.1 Å². The summed E-state index contributed by atoms with van der Waals surface area (Å²) in [4.78, 5) is 0. The summed E-state index contributed by atoms with van der Waals surface area (Å²) in [6.07, 6.45) is 7.06. The van der Waals surface area contributed by atoms with Crippen molar-refractivity contribution in [3.05, 3.63) is 0 Å². The van der Waals surface area contributed by atoms with Gasteiger partial charge in [-0.15, -0.1) is 0 Å². The van der Waals surface area contributed by atoms with Gasteiger partial charge in [-0.2, -0.15) is 0 Å². The molecule has 1 rings (SSSR count). The van der Waals surface area contributed by atoms with E-state index in [-0.39, 0.29) is 0 Å². The van der Waals surface area contributed by atoms with Crippen molar-refractivity contribution in [3.8, 4) is 0 Å². The van der Waals surface area contributed by atoms with Gasteiger partial charge < -0.3 is 4.74 Å². The molecule has 0 aromatic heterocycles. The lowest BCUT2D eigenvalue weighted by Gasteiger charge is -2.36. The summed E-state index contributed by atoms with van der Waals surface area (Å²) >= 11 is 0. The quantitative estimate of drug-likeness (QED) is 0.663. The summed E-state index contributed by atoms with van der Waals surface area (Å²) < 4.78 is 5.64. The highest BCUT2D eigenvalue weighted by molar-refractivity contribution is 4.78. The van der Waals surface area contributed by atoms with Crippen LogP contribution in [0.4, 0.5) is 0 Å². The van der Waals surface area contributed by atoms with Crippen molar-refractivity contribution in [3.63, 3.8) is 0 Å². The Morgan fingerprint density at radius 2 is 2.06 bits per heavy atom. The third kappa shape index (κ3) is 4.45. The van der Waals surface area contributed by atoms with Crippen molar-refractivity contribution in [2.75, 3.05) is 6.61 Å². The molecule has 3 atom stereocenters. The van der Waals surface area contributed by atoms with Crippen LogP contribution in [0.15, 0.2) is 0 Å². The van der Waals surface area contributed by atoms with E-state index in [9.17, 15) is 0 Å². The van der Waals surface area contributed by atoms with E-state index in [1.54, 1.807) is 0 Å². The molecule has 0 spiro atoms. The lowest BCUT2D eigenvalue weighted by molar-refractivity contribution is -0.0151. The summed E-state index contributed by atoms with van der Waals surface area (Å²) in [5, 5.41) is 0. The molecule has 0 bridgehead atoms. The van der Waals surface area contributed by atoms with Crippen LogP contribution in [0.5, 0.6) is 0 Å². The minimum Gasteiger partial charge on any atom is -0.378 e. The van der Waals surface area contributed by atoms with Gasteiger partial charge in [-0.1, -0.05) is 34.1 Å². The van der Waals surface area contributed by atoms with Gasteiger partial charge in [0.1, 0.15) is 0 Å². The maximum Gasteiger partial charge on any atom is 0.0549 e. The van der Waals surface area contributed by atoms with Crippen LogP contribution < -0.4 is 0 Å². The average molecular weight is 226 g/mol. The Bertz CT molecular complexity index is 198. The molecule has 0 aromatic rings. The fraction of sp³-hybridized carbons (Fsp3) is 1.00. The molecule has 1 saturated heterocycles. The topological polar surface area (TPSA) is 9.23 Å². The van der Waals surface area contributed by atoms with Crippen LogP contribution >= 0.6 is 0 Å². The second-order valence-corrected chi connectivity index (χ2v) is 6.56. The predicted octanol–water partition coefficient (Wildman–Crippen LogP) is 4.65. The number of ether oxygens (including phenoxy) is 1. The summed E-state index contributed by atoms with van der Waals surface area (Å²) in [5.41, 5.74) is 0.524. The van der Waals surface area contributed by atoms with Crippen molar-refractivity contribution in [1.29, 1.82) is 0 Å². The van der Waals surface area contributed by atoms with Crippen LogP contribution in [0.2, 0.25) is 0 Å². The van der Waals surface area contributed by atoms with Crippen LogP contribution in [0.25, 0.3) is 0 Å². The van der Waals surface area contributed by atoms with Gasteiger partial charge in [-0.05, 0) is 49.9 Å². The second kappa shape index (κ2) is 6.05. The molecule has 1 nitrogen and oxygen atoms in total. The van der Waals surface area contributed by atoms with E-state index < -0.39 is 0 Å². The Kier molecular flexibility index (Phi) is 5.30. The number of rotatable bonds is 5. The van der Waals surface area contributed by atoms with Gasteiger partial charge in [0.2, 0.25) is 0 Å². The van der Waals surface area contributed by atoms with Crippen molar-refractivity contribution < 1.29 is 4.74 Å². The first-order valence-electron chi connectivity index (χ1n) is 7.06. The van der Waals surface area contributed by atoms with Gasteiger partial charge in [-0.3, -0.25) is 0 Å². The van der Waals surface area contributed by atoms with Crippen molar-refractivity contribution in [1.82, 2.24) is 0 Å². The van der Waals surface area contributed by atoms with E-state index in [0.29, 0.717) is 11.5 Å². The Balaban J connectivity index is 2.41. The summed E-state index contributed by atoms with van der Waals surface area (Å²) in [5.74, 6) is 1.74. The van der Waals surface area contributed by atoms with E-state index in [2.05, 4.69) is 34.6 Å². The van der Waals surface area contributed by atoms with Crippen LogP contribution in [-0.4, -0.2) is 12.7 Å². The lowest BCUT2D eigenvalue weighted by atomic mass is 9.73. The highest BCUT2D eigenvalue weighted by Gasteiger charge is 2.28. The summed E-state index contributed by atoms with van der Waals surface area (Å²) in [7, 11) is 0. The molecule has 1 heteroatoms. The predicted molar refractivity (Wildman–Crippen MR) is 70.6 cm³/mol. The van der Waals surface area contributed by atoms with Gasteiger partial charge in [-0.25, -0.2) is 0 Å². The fourth-order valence-electron chi connectivity index (χ4n) is 3.37. The van der Waals surface area contributed by atoms with Gasteiger partial charge in [0.15, 0.2) is 0 Å². The molecule has 0 radical (unpaired) electrons. The van der Waals surface area contributed by atoms with Gasteiger partial charge in [0, 0.05) is 6.61 Å². The van der Waals surface area contributed by atoms with E-state index in [1.807, 2.05) is 0 Å². The SMILES string of the molecule is CCCC(C)(C)CC(C)C1CCOC(C)C1. The third-order valence-electron chi connectivity index (χ3n) is 4.13. The first kappa shape index (κ1) is 14.0. The minimum absolute atomic E-state index is 0.482. The van der Waals surface area contributed by atoms with Crippen molar-refractivity contribution >= 4 is 0 Å². The number of hydrogen-bond acceptors (Lipinski definition) is 1. The third-order valence-corrected chi connectivity index (χ3v) is 4.13. The molecule has 1 aliphatic heterocycles. The van der Waals surface area contributed by atoms with Gasteiger partial charge >= 0.3 is 0 Å². The molecular formula is C15H30O. The van der Waals surface area contributed by atoms with Crippen LogP contribution in [-0.2, 0) is 4.74 Å². The van der Waals surface area contributed by atoms with Crippen molar-refractivity contribution in [2.45, 2.75) is 72.8 Å². The molecule has 1 heterocycles. The smallest absolute Gasteiger partial charge is 0.0549 e. The Morgan fingerprint density at radius 1 is 1.38 bits per heavy atom. The minimum atomic E-state index is 0.482. The van der Waals surface area contributed by atoms with Gasteiger partial charge in [0.05, 0.1) is 6.10 Å².